The van der Waals surface area contributed by atoms with Crippen molar-refractivity contribution >= 4 is 39.4 Å². The molecule has 0 unspecified atom stereocenters. The standard InChI is InChI=1S/C13H10N2O2S/c16-11-12(18-13(17)15-11)14-10-7-3-5-8-4-1-2-6-9(8)10/h1-7,12,14H,(H,15,16,17)/t12-/m1/s1. The molecule has 0 spiro atoms. The average molecular weight is 258 g/mol. The number of carbonyl (C=O) groups excluding carboxylic acids is 2. The summed E-state index contributed by atoms with van der Waals surface area (Å²) in [4.78, 5) is 22.6. The Morgan fingerprint density at radius 2 is 1.83 bits per heavy atom. The molecular weight excluding hydrogens is 248 g/mol. The lowest BCUT2D eigenvalue weighted by molar-refractivity contribution is -0.118. The van der Waals surface area contributed by atoms with Gasteiger partial charge in [-0.15, -0.1) is 0 Å². The highest BCUT2D eigenvalue weighted by molar-refractivity contribution is 8.15. The number of benzene rings is 2. The molecule has 1 fully saturated rings. The van der Waals surface area contributed by atoms with E-state index >= 15 is 0 Å². The van der Waals surface area contributed by atoms with Gasteiger partial charge in [0.05, 0.1) is 0 Å². The Morgan fingerprint density at radius 1 is 1.06 bits per heavy atom. The lowest BCUT2D eigenvalue weighted by atomic mass is 10.1. The Bertz CT molecular complexity index is 636. The maximum absolute atomic E-state index is 11.5. The largest absolute Gasteiger partial charge is 0.365 e. The number of rotatable bonds is 2. The second-order valence-electron chi connectivity index (χ2n) is 3.95. The minimum absolute atomic E-state index is 0.294. The number of nitrogens with one attached hydrogen (secondary N) is 2. The topological polar surface area (TPSA) is 58.2 Å². The van der Waals surface area contributed by atoms with Gasteiger partial charge in [-0.1, -0.05) is 36.4 Å². The summed E-state index contributed by atoms with van der Waals surface area (Å²) >= 11 is 0.966. The van der Waals surface area contributed by atoms with Crippen molar-refractivity contribution in [3.05, 3.63) is 42.5 Å². The highest BCUT2D eigenvalue weighted by Gasteiger charge is 2.31. The minimum atomic E-state index is -0.552. The lowest BCUT2D eigenvalue weighted by Crippen LogP contribution is -2.29. The lowest BCUT2D eigenvalue weighted by Gasteiger charge is -2.12. The van der Waals surface area contributed by atoms with Crippen LogP contribution in [0.15, 0.2) is 42.5 Å². The van der Waals surface area contributed by atoms with Crippen LogP contribution in [0, 0.1) is 0 Å². The van der Waals surface area contributed by atoms with Gasteiger partial charge in [0, 0.05) is 11.1 Å². The summed E-state index contributed by atoms with van der Waals surface area (Å²) < 4.78 is 0. The molecule has 1 saturated heterocycles. The van der Waals surface area contributed by atoms with E-state index < -0.39 is 5.37 Å². The molecule has 2 amide bonds. The molecule has 5 heteroatoms. The number of imide groups is 1. The van der Waals surface area contributed by atoms with E-state index in [9.17, 15) is 9.59 Å². The first-order chi connectivity index (χ1) is 8.74. The molecule has 0 radical (unpaired) electrons. The van der Waals surface area contributed by atoms with Crippen LogP contribution < -0.4 is 10.6 Å². The van der Waals surface area contributed by atoms with E-state index in [0.29, 0.717) is 0 Å². The molecule has 0 bridgehead atoms. The van der Waals surface area contributed by atoms with Gasteiger partial charge in [-0.3, -0.25) is 14.9 Å². The van der Waals surface area contributed by atoms with Gasteiger partial charge >= 0.3 is 0 Å². The van der Waals surface area contributed by atoms with E-state index in [4.69, 9.17) is 0 Å². The molecule has 1 aliphatic heterocycles. The maximum atomic E-state index is 11.5. The molecular formula is C13H10N2O2S. The molecule has 3 rings (SSSR count). The molecule has 1 atom stereocenters. The normalized spacial score (nSPS) is 19.0. The third kappa shape index (κ3) is 1.93. The Labute approximate surface area is 108 Å². The smallest absolute Gasteiger partial charge is 0.288 e. The van der Waals surface area contributed by atoms with Gasteiger partial charge in [0.1, 0.15) is 0 Å². The number of hydrogen-bond donors (Lipinski definition) is 2. The first kappa shape index (κ1) is 11.1. The predicted octanol–water partition coefficient (Wildman–Crippen LogP) is 2.56. The quantitative estimate of drug-likeness (QED) is 0.869. The summed E-state index contributed by atoms with van der Waals surface area (Å²) in [5, 5.41) is 6.62. The van der Waals surface area contributed by atoms with Gasteiger partial charge < -0.3 is 5.32 Å². The van der Waals surface area contributed by atoms with Crippen LogP contribution in [0.3, 0.4) is 0 Å². The van der Waals surface area contributed by atoms with Crippen LogP contribution in [0.5, 0.6) is 0 Å². The number of amides is 2. The van der Waals surface area contributed by atoms with E-state index in [2.05, 4.69) is 10.6 Å². The van der Waals surface area contributed by atoms with Crippen LogP contribution in [0.4, 0.5) is 10.5 Å². The van der Waals surface area contributed by atoms with Crippen LogP contribution in [0.2, 0.25) is 0 Å². The monoisotopic (exact) mass is 258 g/mol. The van der Waals surface area contributed by atoms with Gasteiger partial charge in [0.15, 0.2) is 5.37 Å². The molecule has 18 heavy (non-hydrogen) atoms. The predicted molar refractivity (Wildman–Crippen MR) is 72.5 cm³/mol. The molecule has 1 aliphatic rings. The van der Waals surface area contributed by atoms with Gasteiger partial charge in [-0.05, 0) is 23.2 Å². The molecule has 1 heterocycles. The van der Waals surface area contributed by atoms with Gasteiger partial charge in [0.25, 0.3) is 11.1 Å². The zero-order valence-electron chi connectivity index (χ0n) is 9.34. The molecule has 4 nitrogen and oxygen atoms in total. The van der Waals surface area contributed by atoms with Crippen molar-refractivity contribution in [2.24, 2.45) is 0 Å². The van der Waals surface area contributed by atoms with E-state index in [1.165, 1.54) is 0 Å². The summed E-state index contributed by atoms with van der Waals surface area (Å²) in [5.74, 6) is -0.294. The van der Waals surface area contributed by atoms with Crippen LogP contribution in [0.1, 0.15) is 0 Å². The van der Waals surface area contributed by atoms with Crippen LogP contribution in [0.25, 0.3) is 10.8 Å². The highest BCUT2D eigenvalue weighted by atomic mass is 32.2. The first-order valence-corrected chi connectivity index (χ1v) is 6.38. The van der Waals surface area contributed by atoms with Crippen molar-refractivity contribution in [1.82, 2.24) is 5.32 Å². The van der Waals surface area contributed by atoms with Gasteiger partial charge in [-0.25, -0.2) is 0 Å². The SMILES string of the molecule is O=C1NC(=O)[C@H](Nc2cccc3ccccc23)S1. The van der Waals surface area contributed by atoms with Crippen molar-refractivity contribution < 1.29 is 9.59 Å². The number of fused-ring (bicyclic) bond motifs is 1. The summed E-state index contributed by atoms with van der Waals surface area (Å²) in [6.07, 6.45) is 0. The molecule has 0 saturated carbocycles. The fraction of sp³-hybridized carbons (Fsp3) is 0.0769. The second kappa shape index (κ2) is 4.34. The van der Waals surface area contributed by atoms with E-state index in [0.717, 1.165) is 28.2 Å². The minimum Gasteiger partial charge on any atom is -0.365 e. The molecule has 0 aromatic heterocycles. The average Bonchev–Trinajstić information content (AvgIpc) is 2.68. The Morgan fingerprint density at radius 3 is 2.61 bits per heavy atom. The highest BCUT2D eigenvalue weighted by Crippen LogP contribution is 2.27. The van der Waals surface area contributed by atoms with Crippen molar-refractivity contribution in [2.45, 2.75) is 5.37 Å². The van der Waals surface area contributed by atoms with Crippen molar-refractivity contribution in [3.8, 4) is 0 Å². The van der Waals surface area contributed by atoms with E-state index in [-0.39, 0.29) is 11.1 Å². The number of anilines is 1. The Hall–Kier alpha value is -2.01. The van der Waals surface area contributed by atoms with Gasteiger partial charge in [0.2, 0.25) is 0 Å². The Kier molecular flexibility index (Phi) is 2.68. The maximum Gasteiger partial charge on any atom is 0.288 e. The zero-order chi connectivity index (χ0) is 12.5. The number of carbonyl (C=O) groups is 2. The summed E-state index contributed by atoms with van der Waals surface area (Å²) in [7, 11) is 0. The van der Waals surface area contributed by atoms with Gasteiger partial charge in [-0.2, -0.15) is 0 Å². The second-order valence-corrected chi connectivity index (χ2v) is 5.02. The summed E-state index contributed by atoms with van der Waals surface area (Å²) in [6, 6.07) is 13.7. The number of hydrogen-bond acceptors (Lipinski definition) is 4. The molecule has 0 aliphatic carbocycles. The van der Waals surface area contributed by atoms with E-state index in [1.54, 1.807) is 0 Å². The van der Waals surface area contributed by atoms with E-state index in [1.807, 2.05) is 42.5 Å². The van der Waals surface area contributed by atoms with Crippen LogP contribution >= 0.6 is 11.8 Å². The fourth-order valence-electron chi connectivity index (χ4n) is 1.94. The third-order valence-electron chi connectivity index (χ3n) is 2.76. The summed E-state index contributed by atoms with van der Waals surface area (Å²) in [6.45, 7) is 0. The molecule has 90 valence electrons. The molecule has 2 N–H and O–H groups in total. The Balaban J connectivity index is 1.95. The van der Waals surface area contributed by atoms with Crippen molar-refractivity contribution in [1.29, 1.82) is 0 Å². The van der Waals surface area contributed by atoms with Crippen LogP contribution in [-0.4, -0.2) is 16.5 Å². The number of thioether (sulfide) groups is 1. The van der Waals surface area contributed by atoms with Crippen molar-refractivity contribution in [2.75, 3.05) is 5.32 Å². The summed E-state index contributed by atoms with van der Waals surface area (Å²) in [5.41, 5.74) is 0.857. The van der Waals surface area contributed by atoms with Crippen LogP contribution in [-0.2, 0) is 4.79 Å². The molecule has 2 aromatic carbocycles. The third-order valence-corrected chi connectivity index (χ3v) is 3.65. The first-order valence-electron chi connectivity index (χ1n) is 5.50. The fourth-order valence-corrected chi connectivity index (χ4v) is 2.67. The zero-order valence-corrected chi connectivity index (χ0v) is 10.2. The molecule has 2 aromatic rings. The van der Waals surface area contributed by atoms with Crippen molar-refractivity contribution in [3.63, 3.8) is 0 Å².